The van der Waals surface area contributed by atoms with Crippen molar-refractivity contribution < 1.29 is 14.3 Å². The van der Waals surface area contributed by atoms with E-state index >= 15 is 0 Å². The summed E-state index contributed by atoms with van der Waals surface area (Å²) in [6.07, 6.45) is 2.53. The molecule has 0 aliphatic heterocycles. The number of carbonyl (C=O) groups is 1. The molecule has 1 aromatic carbocycles. The summed E-state index contributed by atoms with van der Waals surface area (Å²) >= 11 is 5.98. The van der Waals surface area contributed by atoms with Crippen LogP contribution in [0.15, 0.2) is 33.2 Å². The van der Waals surface area contributed by atoms with Gasteiger partial charge in [-0.2, -0.15) is 0 Å². The number of benzene rings is 1. The van der Waals surface area contributed by atoms with Crippen LogP contribution in [0.2, 0.25) is 5.02 Å². The highest BCUT2D eigenvalue weighted by atomic mass is 35.5. The Morgan fingerprint density at radius 1 is 1.42 bits per heavy atom. The summed E-state index contributed by atoms with van der Waals surface area (Å²) in [5, 5.41) is 9.61. The van der Waals surface area contributed by atoms with Crippen molar-refractivity contribution in [3.63, 3.8) is 0 Å². The van der Waals surface area contributed by atoms with Crippen molar-refractivity contribution >= 4 is 34.6 Å². The summed E-state index contributed by atoms with van der Waals surface area (Å²) in [4.78, 5) is 22.9. The summed E-state index contributed by atoms with van der Waals surface area (Å²) in [6, 6.07) is 3.21. The summed E-state index contributed by atoms with van der Waals surface area (Å²) in [7, 11) is 0. The topological polar surface area (TPSA) is 67.5 Å². The summed E-state index contributed by atoms with van der Waals surface area (Å²) < 4.78 is 5.34. The lowest BCUT2D eigenvalue weighted by Crippen LogP contribution is -2.06. The minimum absolute atomic E-state index is 0.0601. The predicted octanol–water partition coefficient (Wildman–Crippen LogP) is 3.24. The summed E-state index contributed by atoms with van der Waals surface area (Å²) in [5.74, 6) is -1.08. The number of hydrogen-bond acceptors (Lipinski definition) is 3. The van der Waals surface area contributed by atoms with Gasteiger partial charge in [-0.3, -0.25) is 4.79 Å². The van der Waals surface area contributed by atoms with Gasteiger partial charge < -0.3 is 9.52 Å². The number of aliphatic carboxylic acids is 1. The zero-order chi connectivity index (χ0) is 14.2. The van der Waals surface area contributed by atoms with Crippen molar-refractivity contribution in [1.29, 1.82) is 0 Å². The number of hydrogen-bond donors (Lipinski definition) is 1. The molecule has 1 aromatic heterocycles. The molecule has 0 unspecified atom stereocenters. The molecule has 0 aliphatic carbocycles. The molecule has 2 aromatic rings. The molecule has 2 rings (SSSR count). The first kappa shape index (κ1) is 13.4. The molecular weight excluding hydrogens is 268 g/mol. The Bertz CT molecular complexity index is 756. The number of carboxylic acids is 1. The monoisotopic (exact) mass is 278 g/mol. The van der Waals surface area contributed by atoms with Gasteiger partial charge in [-0.1, -0.05) is 11.6 Å². The molecule has 1 N–H and O–H groups in total. The normalized spacial score (nSPS) is 11.8. The third kappa shape index (κ3) is 2.53. The Morgan fingerprint density at radius 2 is 2.11 bits per heavy atom. The lowest BCUT2D eigenvalue weighted by molar-refractivity contribution is -0.132. The second-order valence-corrected chi connectivity index (χ2v) is 4.66. The SMILES string of the molecule is C/C(=C\c1coc2cc(C)c(Cl)cc2c1=O)C(=O)O. The van der Waals surface area contributed by atoms with Crippen LogP contribution in [0, 0.1) is 6.92 Å². The van der Waals surface area contributed by atoms with E-state index in [9.17, 15) is 9.59 Å². The Hall–Kier alpha value is -2.07. The Labute approximate surface area is 113 Å². The van der Waals surface area contributed by atoms with Crippen molar-refractivity contribution in [2.75, 3.05) is 0 Å². The lowest BCUT2D eigenvalue weighted by atomic mass is 10.1. The molecule has 19 heavy (non-hydrogen) atoms. The second kappa shape index (κ2) is 4.90. The van der Waals surface area contributed by atoms with Gasteiger partial charge in [0.25, 0.3) is 0 Å². The standard InChI is InChI=1S/C14H11ClO4/c1-7-4-12-10(5-11(7)15)13(16)9(6-19-12)3-8(2)14(17)18/h3-6H,1-2H3,(H,17,18)/b8-3+. The maximum Gasteiger partial charge on any atom is 0.331 e. The zero-order valence-electron chi connectivity index (χ0n) is 10.4. The first-order chi connectivity index (χ1) is 8.90. The van der Waals surface area contributed by atoms with E-state index in [1.807, 2.05) is 6.92 Å². The molecule has 0 fully saturated rings. The van der Waals surface area contributed by atoms with Crippen LogP contribution in [0.1, 0.15) is 18.1 Å². The Balaban J connectivity index is 2.71. The fraction of sp³-hybridized carbons (Fsp3) is 0.143. The smallest absolute Gasteiger partial charge is 0.331 e. The average molecular weight is 279 g/mol. The van der Waals surface area contributed by atoms with Crippen LogP contribution >= 0.6 is 11.6 Å². The van der Waals surface area contributed by atoms with Crippen molar-refractivity contribution in [2.24, 2.45) is 0 Å². The first-order valence-electron chi connectivity index (χ1n) is 5.53. The van der Waals surface area contributed by atoms with Gasteiger partial charge in [0, 0.05) is 10.6 Å². The van der Waals surface area contributed by atoms with E-state index in [2.05, 4.69) is 0 Å². The highest BCUT2D eigenvalue weighted by Gasteiger charge is 2.09. The summed E-state index contributed by atoms with van der Waals surface area (Å²) in [6.45, 7) is 3.22. The maximum atomic E-state index is 12.2. The number of halogens is 1. The zero-order valence-corrected chi connectivity index (χ0v) is 11.1. The van der Waals surface area contributed by atoms with Gasteiger partial charge in [0.15, 0.2) is 5.43 Å². The van der Waals surface area contributed by atoms with Gasteiger partial charge >= 0.3 is 5.97 Å². The lowest BCUT2D eigenvalue weighted by Gasteiger charge is -2.02. The van der Waals surface area contributed by atoms with Crippen LogP contribution in [-0.2, 0) is 4.79 Å². The van der Waals surface area contributed by atoms with Crippen LogP contribution in [0.5, 0.6) is 0 Å². The van der Waals surface area contributed by atoms with E-state index < -0.39 is 5.97 Å². The fourth-order valence-corrected chi connectivity index (χ4v) is 1.82. The molecule has 0 spiro atoms. The van der Waals surface area contributed by atoms with Crippen molar-refractivity contribution in [2.45, 2.75) is 13.8 Å². The number of aryl methyl sites for hydroxylation is 1. The summed E-state index contributed by atoms with van der Waals surface area (Å²) in [5.41, 5.74) is 1.18. The van der Waals surface area contributed by atoms with Crippen LogP contribution < -0.4 is 5.43 Å². The number of fused-ring (bicyclic) bond motifs is 1. The van der Waals surface area contributed by atoms with Crippen molar-refractivity contribution in [3.05, 3.63) is 50.3 Å². The highest BCUT2D eigenvalue weighted by Crippen LogP contribution is 2.22. The molecule has 98 valence electrons. The third-order valence-electron chi connectivity index (χ3n) is 2.79. The molecule has 0 amide bonds. The fourth-order valence-electron chi connectivity index (χ4n) is 1.66. The van der Waals surface area contributed by atoms with Gasteiger partial charge in [-0.15, -0.1) is 0 Å². The van der Waals surface area contributed by atoms with E-state index in [4.69, 9.17) is 21.1 Å². The van der Waals surface area contributed by atoms with Crippen LogP contribution in [0.25, 0.3) is 17.0 Å². The van der Waals surface area contributed by atoms with Crippen LogP contribution in [-0.4, -0.2) is 11.1 Å². The highest BCUT2D eigenvalue weighted by molar-refractivity contribution is 6.32. The molecule has 0 aliphatic rings. The number of carboxylic acid groups (broad SMARTS) is 1. The molecule has 0 saturated carbocycles. The van der Waals surface area contributed by atoms with E-state index in [-0.39, 0.29) is 16.6 Å². The van der Waals surface area contributed by atoms with Crippen LogP contribution in [0.4, 0.5) is 0 Å². The van der Waals surface area contributed by atoms with Gasteiger partial charge in [0.1, 0.15) is 11.8 Å². The molecule has 5 heteroatoms. The molecule has 4 nitrogen and oxygen atoms in total. The van der Waals surface area contributed by atoms with Gasteiger partial charge in [-0.05, 0) is 37.6 Å². The molecule has 1 heterocycles. The van der Waals surface area contributed by atoms with Crippen molar-refractivity contribution in [1.82, 2.24) is 0 Å². The van der Waals surface area contributed by atoms with E-state index in [0.29, 0.717) is 16.0 Å². The number of rotatable bonds is 2. The molecular formula is C14H11ClO4. The van der Waals surface area contributed by atoms with Crippen molar-refractivity contribution in [3.8, 4) is 0 Å². The predicted molar refractivity (Wildman–Crippen MR) is 73.5 cm³/mol. The molecule has 0 radical (unpaired) electrons. The molecule has 0 atom stereocenters. The molecule has 0 bridgehead atoms. The maximum absolute atomic E-state index is 12.2. The van der Waals surface area contributed by atoms with Gasteiger partial charge in [0.2, 0.25) is 0 Å². The van der Waals surface area contributed by atoms with Gasteiger partial charge in [-0.25, -0.2) is 4.79 Å². The van der Waals surface area contributed by atoms with E-state index in [1.54, 1.807) is 6.07 Å². The van der Waals surface area contributed by atoms with Crippen LogP contribution in [0.3, 0.4) is 0 Å². The Morgan fingerprint density at radius 3 is 2.74 bits per heavy atom. The molecule has 0 saturated heterocycles. The minimum atomic E-state index is -1.08. The van der Waals surface area contributed by atoms with E-state index in [1.165, 1.54) is 25.3 Å². The van der Waals surface area contributed by atoms with Gasteiger partial charge in [0.05, 0.1) is 10.9 Å². The minimum Gasteiger partial charge on any atom is -0.478 e. The first-order valence-corrected chi connectivity index (χ1v) is 5.91. The van der Waals surface area contributed by atoms with E-state index in [0.717, 1.165) is 5.56 Å². The largest absolute Gasteiger partial charge is 0.478 e. The third-order valence-corrected chi connectivity index (χ3v) is 3.20. The average Bonchev–Trinajstić information content (AvgIpc) is 2.35. The quantitative estimate of drug-likeness (QED) is 0.856. The second-order valence-electron chi connectivity index (χ2n) is 4.25. The Kier molecular flexibility index (Phi) is 3.44.